The third kappa shape index (κ3) is 3.48. The van der Waals surface area contributed by atoms with Crippen LogP contribution in [0.5, 0.6) is 0 Å². The second-order valence-corrected chi connectivity index (χ2v) is 5.13. The molecule has 116 valence electrons. The van der Waals surface area contributed by atoms with Crippen LogP contribution in [0.25, 0.3) is 0 Å². The van der Waals surface area contributed by atoms with Crippen LogP contribution >= 0.6 is 11.6 Å². The van der Waals surface area contributed by atoms with Gasteiger partial charge in [0, 0.05) is 18.2 Å². The first kappa shape index (κ1) is 16.1. The molecule has 0 aliphatic carbocycles. The van der Waals surface area contributed by atoms with Crippen molar-refractivity contribution in [2.75, 3.05) is 5.32 Å². The summed E-state index contributed by atoms with van der Waals surface area (Å²) in [6.45, 7) is 3.19. The van der Waals surface area contributed by atoms with Crippen LogP contribution in [0, 0.1) is 10.1 Å². The third-order valence-corrected chi connectivity index (χ3v) is 3.52. The van der Waals surface area contributed by atoms with Gasteiger partial charge in [0.25, 0.3) is 5.69 Å². The first-order chi connectivity index (χ1) is 10.4. The summed E-state index contributed by atoms with van der Waals surface area (Å²) in [5.74, 6) is 0.321. The number of benzene rings is 1. The summed E-state index contributed by atoms with van der Waals surface area (Å²) < 4.78 is 13.4. The summed E-state index contributed by atoms with van der Waals surface area (Å²) in [4.78, 5) is 18.0. The highest BCUT2D eigenvalue weighted by atomic mass is 35.5. The smallest absolute Gasteiger partial charge is 0.269 e. The maximum Gasteiger partial charge on any atom is 0.269 e. The molecule has 0 amide bonds. The number of alkyl halides is 1. The Balaban J connectivity index is 2.20. The molecule has 1 heterocycles. The van der Waals surface area contributed by atoms with Crippen LogP contribution in [0.3, 0.4) is 0 Å². The highest BCUT2D eigenvalue weighted by Gasteiger charge is 2.16. The minimum Gasteiger partial charge on any atom is -0.362 e. The van der Waals surface area contributed by atoms with Crippen molar-refractivity contribution < 1.29 is 9.31 Å². The molecule has 0 aliphatic heterocycles. The number of aromatic nitrogens is 2. The van der Waals surface area contributed by atoms with Gasteiger partial charge in [0.05, 0.1) is 10.6 Å². The molecule has 2 rings (SSSR count). The molecule has 2 aromatic rings. The molecule has 6 nitrogen and oxygen atoms in total. The summed E-state index contributed by atoms with van der Waals surface area (Å²) in [5.41, 5.74) is 0.953. The SMILES string of the molecule is CC(F)c1ncnc(NC(C)c2ccc([N+](=O)[O-])cc2)c1Cl. The lowest BCUT2D eigenvalue weighted by Crippen LogP contribution is -2.10. The van der Waals surface area contributed by atoms with Gasteiger partial charge in [-0.05, 0) is 19.4 Å². The van der Waals surface area contributed by atoms with Gasteiger partial charge in [-0.1, -0.05) is 23.7 Å². The summed E-state index contributed by atoms with van der Waals surface area (Å²) >= 11 is 6.09. The van der Waals surface area contributed by atoms with E-state index in [9.17, 15) is 14.5 Å². The summed E-state index contributed by atoms with van der Waals surface area (Å²) in [5, 5.41) is 13.8. The minimum absolute atomic E-state index is 0.0181. The molecule has 1 N–H and O–H groups in total. The predicted molar refractivity (Wildman–Crippen MR) is 81.7 cm³/mol. The van der Waals surface area contributed by atoms with Gasteiger partial charge < -0.3 is 5.32 Å². The molecule has 0 saturated carbocycles. The van der Waals surface area contributed by atoms with E-state index < -0.39 is 11.1 Å². The second kappa shape index (κ2) is 6.65. The Bertz CT molecular complexity index is 679. The molecule has 0 spiro atoms. The number of hydrogen-bond donors (Lipinski definition) is 1. The van der Waals surface area contributed by atoms with Crippen molar-refractivity contribution in [2.45, 2.75) is 26.1 Å². The number of nitrogens with zero attached hydrogens (tertiary/aromatic N) is 3. The van der Waals surface area contributed by atoms with Crippen LogP contribution in [-0.4, -0.2) is 14.9 Å². The van der Waals surface area contributed by atoms with E-state index in [1.54, 1.807) is 12.1 Å². The molecule has 22 heavy (non-hydrogen) atoms. The molecule has 2 unspecified atom stereocenters. The number of hydrogen-bond acceptors (Lipinski definition) is 5. The molecule has 0 aliphatic rings. The predicted octanol–water partition coefficient (Wildman–Crippen LogP) is 4.24. The van der Waals surface area contributed by atoms with Crippen molar-refractivity contribution in [3.8, 4) is 0 Å². The Morgan fingerprint density at radius 2 is 1.91 bits per heavy atom. The van der Waals surface area contributed by atoms with Crippen molar-refractivity contribution in [3.05, 3.63) is 57.0 Å². The maximum absolute atomic E-state index is 13.4. The van der Waals surface area contributed by atoms with Gasteiger partial charge in [0.15, 0.2) is 0 Å². The third-order valence-electron chi connectivity index (χ3n) is 3.15. The van der Waals surface area contributed by atoms with Crippen LogP contribution in [0.15, 0.2) is 30.6 Å². The summed E-state index contributed by atoms with van der Waals surface area (Å²) in [7, 11) is 0. The van der Waals surface area contributed by atoms with E-state index in [2.05, 4.69) is 15.3 Å². The largest absolute Gasteiger partial charge is 0.362 e. The van der Waals surface area contributed by atoms with Crippen molar-refractivity contribution in [2.24, 2.45) is 0 Å². The van der Waals surface area contributed by atoms with E-state index >= 15 is 0 Å². The van der Waals surface area contributed by atoms with Gasteiger partial charge in [-0.15, -0.1) is 0 Å². The normalized spacial score (nSPS) is 13.5. The number of rotatable bonds is 5. The molecule has 1 aromatic carbocycles. The number of halogens is 2. The molecule has 8 heteroatoms. The zero-order valence-electron chi connectivity index (χ0n) is 12.0. The van der Waals surface area contributed by atoms with Crippen molar-refractivity contribution in [1.29, 1.82) is 0 Å². The van der Waals surface area contributed by atoms with Crippen LogP contribution < -0.4 is 5.32 Å². The van der Waals surface area contributed by atoms with Crippen LogP contribution in [0.1, 0.15) is 37.3 Å². The van der Waals surface area contributed by atoms with Crippen LogP contribution in [-0.2, 0) is 0 Å². The maximum atomic E-state index is 13.4. The Labute approximate surface area is 131 Å². The van der Waals surface area contributed by atoms with Gasteiger partial charge in [-0.2, -0.15) is 0 Å². The van der Waals surface area contributed by atoms with Crippen molar-refractivity contribution in [1.82, 2.24) is 9.97 Å². The standard InChI is InChI=1S/C14H14ClFN4O2/c1-8(16)13-12(15)14(18-7-17-13)19-9(2)10-3-5-11(6-4-10)20(21)22/h3-9H,1-2H3,(H,17,18,19). The number of nitrogens with one attached hydrogen (secondary N) is 1. The lowest BCUT2D eigenvalue weighted by Gasteiger charge is -2.17. The average molecular weight is 325 g/mol. The van der Waals surface area contributed by atoms with Gasteiger partial charge >= 0.3 is 0 Å². The first-order valence-corrected chi connectivity index (χ1v) is 6.93. The minimum atomic E-state index is -1.30. The lowest BCUT2D eigenvalue weighted by molar-refractivity contribution is -0.384. The highest BCUT2D eigenvalue weighted by molar-refractivity contribution is 6.33. The molecular weight excluding hydrogens is 311 g/mol. The number of non-ortho nitro benzene ring substituents is 1. The van der Waals surface area contributed by atoms with Gasteiger partial charge in [0.2, 0.25) is 0 Å². The molecule has 0 radical (unpaired) electrons. The average Bonchev–Trinajstić information content (AvgIpc) is 2.49. The molecule has 0 bridgehead atoms. The first-order valence-electron chi connectivity index (χ1n) is 6.55. The van der Waals surface area contributed by atoms with Crippen LogP contribution in [0.4, 0.5) is 15.9 Å². The molecular formula is C14H14ClFN4O2. The molecule has 0 fully saturated rings. The molecule has 0 saturated heterocycles. The fraction of sp³-hybridized carbons (Fsp3) is 0.286. The summed E-state index contributed by atoms with van der Waals surface area (Å²) in [6, 6.07) is 5.91. The fourth-order valence-corrected chi connectivity index (χ4v) is 2.24. The lowest BCUT2D eigenvalue weighted by atomic mass is 10.1. The number of anilines is 1. The summed E-state index contributed by atoms with van der Waals surface area (Å²) in [6.07, 6.45) is -0.0620. The molecule has 2 atom stereocenters. The van der Waals surface area contributed by atoms with Gasteiger partial charge in [-0.25, -0.2) is 14.4 Å². The van der Waals surface area contributed by atoms with Crippen LogP contribution in [0.2, 0.25) is 5.02 Å². The number of nitro benzene ring substituents is 1. The topological polar surface area (TPSA) is 81.0 Å². The van der Waals surface area contributed by atoms with Gasteiger partial charge in [0.1, 0.15) is 23.3 Å². The Morgan fingerprint density at radius 3 is 2.45 bits per heavy atom. The Kier molecular flexibility index (Phi) is 4.87. The molecule has 1 aromatic heterocycles. The van der Waals surface area contributed by atoms with E-state index in [1.165, 1.54) is 25.4 Å². The van der Waals surface area contributed by atoms with Gasteiger partial charge in [-0.3, -0.25) is 10.1 Å². The van der Waals surface area contributed by atoms with E-state index in [4.69, 9.17) is 11.6 Å². The Hall–Kier alpha value is -2.28. The fourth-order valence-electron chi connectivity index (χ4n) is 1.93. The van der Waals surface area contributed by atoms with Crippen molar-refractivity contribution >= 4 is 23.1 Å². The zero-order valence-corrected chi connectivity index (χ0v) is 12.7. The van der Waals surface area contributed by atoms with Crippen molar-refractivity contribution in [3.63, 3.8) is 0 Å². The highest BCUT2D eigenvalue weighted by Crippen LogP contribution is 2.30. The van der Waals surface area contributed by atoms with E-state index in [0.717, 1.165) is 5.56 Å². The van der Waals surface area contributed by atoms with E-state index in [1.807, 2.05) is 6.92 Å². The quantitative estimate of drug-likeness (QED) is 0.657. The second-order valence-electron chi connectivity index (χ2n) is 4.75. The number of nitro groups is 1. The zero-order chi connectivity index (χ0) is 16.3. The van der Waals surface area contributed by atoms with E-state index in [-0.39, 0.29) is 22.4 Å². The monoisotopic (exact) mass is 324 g/mol. The Morgan fingerprint density at radius 1 is 1.27 bits per heavy atom. The van der Waals surface area contributed by atoms with E-state index in [0.29, 0.717) is 5.82 Å².